The maximum Gasteiger partial charge on any atom is 0.272 e. The lowest BCUT2D eigenvalue weighted by molar-refractivity contribution is 0.0532. The van der Waals surface area contributed by atoms with E-state index in [2.05, 4.69) is 15.2 Å². The molecule has 1 aliphatic heterocycles. The van der Waals surface area contributed by atoms with Crippen molar-refractivity contribution in [2.24, 2.45) is 0 Å². The topological polar surface area (TPSA) is 108 Å². The number of nitrogens with zero attached hydrogens (tertiary/aromatic N) is 4. The summed E-state index contributed by atoms with van der Waals surface area (Å²) in [6.07, 6.45) is 3.10. The molecule has 2 aromatic carbocycles. The van der Waals surface area contributed by atoms with E-state index in [1.165, 1.54) is 17.0 Å². The molecule has 1 aliphatic rings. The van der Waals surface area contributed by atoms with Crippen molar-refractivity contribution in [1.29, 1.82) is 0 Å². The molecule has 0 atom stereocenters. The minimum absolute atomic E-state index is 0.133. The SMILES string of the molecule is O=C(c1ccncc1)N1CCN(C(=O)c2cc(Oc3n[nH]c(=O)c4ccccc34)ccc2F)CC1. The fourth-order valence-corrected chi connectivity index (χ4v) is 3.97. The first kappa shape index (κ1) is 22.2. The van der Waals surface area contributed by atoms with Crippen molar-refractivity contribution in [1.82, 2.24) is 25.0 Å². The van der Waals surface area contributed by atoms with Gasteiger partial charge in [0, 0.05) is 44.1 Å². The average molecular weight is 473 g/mol. The molecule has 10 heteroatoms. The third kappa shape index (κ3) is 4.45. The molecule has 0 saturated carbocycles. The smallest absolute Gasteiger partial charge is 0.272 e. The van der Waals surface area contributed by atoms with Gasteiger partial charge >= 0.3 is 0 Å². The van der Waals surface area contributed by atoms with E-state index >= 15 is 0 Å². The highest BCUT2D eigenvalue weighted by Gasteiger charge is 2.27. The lowest BCUT2D eigenvalue weighted by Crippen LogP contribution is -2.50. The van der Waals surface area contributed by atoms with Gasteiger partial charge in [-0.2, -0.15) is 0 Å². The van der Waals surface area contributed by atoms with Gasteiger partial charge in [0.1, 0.15) is 11.6 Å². The number of piperazine rings is 1. The zero-order valence-corrected chi connectivity index (χ0v) is 18.5. The van der Waals surface area contributed by atoms with Crippen LogP contribution in [0.4, 0.5) is 4.39 Å². The number of benzene rings is 2. The highest BCUT2D eigenvalue weighted by atomic mass is 19.1. The molecule has 2 aromatic heterocycles. The Hall–Kier alpha value is -4.60. The standard InChI is InChI=1S/C25H20FN5O4/c26-21-6-5-17(35-23-19-4-2-1-3-18(19)22(32)28-29-23)15-20(21)25(34)31-13-11-30(12-14-31)24(33)16-7-9-27-10-8-16/h1-10,15H,11-14H2,(H,28,32). The molecule has 0 aliphatic carbocycles. The summed E-state index contributed by atoms with van der Waals surface area (Å²) < 4.78 is 20.4. The number of rotatable bonds is 4. The molecule has 9 nitrogen and oxygen atoms in total. The molecule has 176 valence electrons. The minimum atomic E-state index is -0.683. The number of carbonyl (C=O) groups is 2. The van der Waals surface area contributed by atoms with Crippen molar-refractivity contribution >= 4 is 22.6 Å². The third-order valence-corrected chi connectivity index (χ3v) is 5.83. The largest absolute Gasteiger partial charge is 0.437 e. The molecule has 5 rings (SSSR count). The van der Waals surface area contributed by atoms with Gasteiger partial charge in [-0.3, -0.25) is 19.4 Å². The van der Waals surface area contributed by atoms with Gasteiger partial charge in [-0.1, -0.05) is 12.1 Å². The molecular weight excluding hydrogens is 453 g/mol. The summed E-state index contributed by atoms with van der Waals surface area (Å²) in [6, 6.07) is 13.9. The first-order valence-corrected chi connectivity index (χ1v) is 10.9. The van der Waals surface area contributed by atoms with Crippen LogP contribution in [-0.2, 0) is 0 Å². The van der Waals surface area contributed by atoms with Crippen LogP contribution in [0.3, 0.4) is 0 Å². The van der Waals surface area contributed by atoms with Crippen LogP contribution >= 0.6 is 0 Å². The normalized spacial score (nSPS) is 13.6. The summed E-state index contributed by atoms with van der Waals surface area (Å²) in [5.41, 5.74) is 0.0219. The lowest BCUT2D eigenvalue weighted by Gasteiger charge is -2.35. The number of amides is 2. The molecule has 1 fully saturated rings. The van der Waals surface area contributed by atoms with Crippen LogP contribution in [0.25, 0.3) is 10.8 Å². The van der Waals surface area contributed by atoms with E-state index in [0.29, 0.717) is 29.4 Å². The van der Waals surface area contributed by atoms with Crippen LogP contribution in [0.2, 0.25) is 0 Å². The van der Waals surface area contributed by atoms with Crippen LogP contribution in [0.15, 0.2) is 71.8 Å². The quantitative estimate of drug-likeness (QED) is 0.488. The number of H-pyrrole nitrogens is 1. The summed E-state index contributed by atoms with van der Waals surface area (Å²) in [4.78, 5) is 44.8. The fraction of sp³-hybridized carbons (Fsp3) is 0.160. The van der Waals surface area contributed by atoms with E-state index in [9.17, 15) is 18.8 Å². The summed E-state index contributed by atoms with van der Waals surface area (Å²) in [6.45, 7) is 1.20. The number of ether oxygens (including phenoxy) is 1. The number of nitrogens with one attached hydrogen (secondary N) is 1. The maximum absolute atomic E-state index is 14.6. The maximum atomic E-state index is 14.6. The predicted molar refractivity (Wildman–Crippen MR) is 125 cm³/mol. The minimum Gasteiger partial charge on any atom is -0.437 e. The van der Waals surface area contributed by atoms with Gasteiger partial charge < -0.3 is 14.5 Å². The first-order valence-electron chi connectivity index (χ1n) is 10.9. The van der Waals surface area contributed by atoms with Crippen molar-refractivity contribution in [3.05, 3.63) is 94.3 Å². The molecule has 0 spiro atoms. The second kappa shape index (κ2) is 9.34. The van der Waals surface area contributed by atoms with Gasteiger partial charge in [0.2, 0.25) is 5.88 Å². The third-order valence-electron chi connectivity index (χ3n) is 5.83. The van der Waals surface area contributed by atoms with Crippen molar-refractivity contribution in [2.45, 2.75) is 0 Å². The zero-order valence-electron chi connectivity index (χ0n) is 18.5. The molecule has 0 radical (unpaired) electrons. The van der Waals surface area contributed by atoms with Gasteiger partial charge in [0.25, 0.3) is 17.4 Å². The molecule has 4 aromatic rings. The van der Waals surface area contributed by atoms with E-state index in [-0.39, 0.29) is 41.7 Å². The van der Waals surface area contributed by atoms with E-state index in [4.69, 9.17) is 4.74 Å². The average Bonchev–Trinajstić information content (AvgIpc) is 2.91. The van der Waals surface area contributed by atoms with Gasteiger partial charge in [-0.05, 0) is 42.5 Å². The second-order valence-corrected chi connectivity index (χ2v) is 7.97. The number of pyridine rings is 1. The van der Waals surface area contributed by atoms with Crippen molar-refractivity contribution in [3.8, 4) is 11.6 Å². The summed E-state index contributed by atoms with van der Waals surface area (Å²) >= 11 is 0. The van der Waals surface area contributed by atoms with Gasteiger partial charge in [0.15, 0.2) is 0 Å². The Morgan fingerprint density at radius 2 is 1.54 bits per heavy atom. The van der Waals surface area contributed by atoms with Crippen molar-refractivity contribution in [3.63, 3.8) is 0 Å². The Balaban J connectivity index is 1.32. The zero-order chi connectivity index (χ0) is 24.4. The molecular formula is C25H20FN5O4. The van der Waals surface area contributed by atoms with Gasteiger partial charge in [0.05, 0.1) is 16.3 Å². The van der Waals surface area contributed by atoms with E-state index in [1.807, 2.05) is 0 Å². The van der Waals surface area contributed by atoms with E-state index < -0.39 is 11.7 Å². The Bertz CT molecular complexity index is 1470. The Morgan fingerprint density at radius 1 is 0.886 bits per heavy atom. The van der Waals surface area contributed by atoms with Gasteiger partial charge in [-0.15, -0.1) is 5.10 Å². The number of halogens is 1. The fourth-order valence-electron chi connectivity index (χ4n) is 3.97. The summed E-state index contributed by atoms with van der Waals surface area (Å²) in [7, 11) is 0. The van der Waals surface area contributed by atoms with Crippen LogP contribution in [0.1, 0.15) is 20.7 Å². The number of aromatic amines is 1. The number of carbonyl (C=O) groups excluding carboxylic acids is 2. The lowest BCUT2D eigenvalue weighted by atomic mass is 10.1. The molecule has 1 N–H and O–H groups in total. The van der Waals surface area contributed by atoms with Gasteiger partial charge in [-0.25, -0.2) is 9.49 Å². The summed E-state index contributed by atoms with van der Waals surface area (Å²) in [5, 5.41) is 7.21. The highest BCUT2D eigenvalue weighted by molar-refractivity contribution is 5.96. The number of hydrogen-bond donors (Lipinski definition) is 1. The molecule has 3 heterocycles. The molecule has 35 heavy (non-hydrogen) atoms. The van der Waals surface area contributed by atoms with Crippen LogP contribution in [0.5, 0.6) is 11.6 Å². The second-order valence-electron chi connectivity index (χ2n) is 7.97. The summed E-state index contributed by atoms with van der Waals surface area (Å²) in [5.74, 6) is -0.985. The number of fused-ring (bicyclic) bond motifs is 1. The number of aromatic nitrogens is 3. The molecule has 1 saturated heterocycles. The Morgan fingerprint density at radius 3 is 2.26 bits per heavy atom. The monoisotopic (exact) mass is 473 g/mol. The van der Waals surface area contributed by atoms with Crippen LogP contribution in [-0.4, -0.2) is 63.0 Å². The first-order chi connectivity index (χ1) is 17.0. The Kier molecular flexibility index (Phi) is 5.92. The van der Waals surface area contributed by atoms with Crippen molar-refractivity contribution in [2.75, 3.05) is 26.2 Å². The van der Waals surface area contributed by atoms with Crippen LogP contribution < -0.4 is 10.3 Å². The van der Waals surface area contributed by atoms with Crippen LogP contribution in [0, 0.1) is 5.82 Å². The Labute approximate surface area is 198 Å². The predicted octanol–water partition coefficient (Wildman–Crippen LogP) is 2.85. The molecule has 2 amide bonds. The van der Waals surface area contributed by atoms with Crippen molar-refractivity contribution < 1.29 is 18.7 Å². The van der Waals surface area contributed by atoms with E-state index in [1.54, 1.807) is 53.7 Å². The molecule has 0 unspecified atom stereocenters. The van der Waals surface area contributed by atoms with E-state index in [0.717, 1.165) is 6.07 Å². The number of hydrogen-bond acceptors (Lipinski definition) is 6. The highest BCUT2D eigenvalue weighted by Crippen LogP contribution is 2.27. The molecule has 0 bridgehead atoms.